The molecule has 0 bridgehead atoms. The zero-order valence-electron chi connectivity index (χ0n) is 17.0. The number of hydrogen-bond donors (Lipinski definition) is 2. The monoisotopic (exact) mass is 394 g/mol. The van der Waals surface area contributed by atoms with Crippen molar-refractivity contribution in [3.05, 3.63) is 24.0 Å². The molecule has 3 rings (SSSR count). The molecule has 0 aromatic carbocycles. The maximum Gasteiger partial charge on any atom is 0.290 e. The molecule has 28 heavy (non-hydrogen) atoms. The summed E-state index contributed by atoms with van der Waals surface area (Å²) in [5.74, 6) is 0.412. The minimum atomic E-state index is -0.282. The number of aliphatic hydroxyl groups excluding tert-OH is 1. The fraction of sp³-hybridized carbons (Fsp3) is 0.700. The van der Waals surface area contributed by atoms with Crippen LogP contribution < -0.4 is 0 Å². The average molecular weight is 395 g/mol. The molecule has 0 aliphatic carbocycles. The van der Waals surface area contributed by atoms with Gasteiger partial charge in [0, 0.05) is 46.0 Å². The van der Waals surface area contributed by atoms with Gasteiger partial charge in [-0.25, -0.2) is 0 Å². The molecule has 0 radical (unpaired) electrons. The van der Waals surface area contributed by atoms with Gasteiger partial charge in [0.05, 0.1) is 6.10 Å². The molecule has 2 N–H and O–H groups in total. The number of nitrogens with zero attached hydrogens (tertiary/aromatic N) is 4. The lowest BCUT2D eigenvalue weighted by Crippen LogP contribution is -2.45. The van der Waals surface area contributed by atoms with Gasteiger partial charge < -0.3 is 24.6 Å². The third kappa shape index (κ3) is 6.32. The van der Waals surface area contributed by atoms with Crippen molar-refractivity contribution in [1.82, 2.24) is 19.3 Å². The van der Waals surface area contributed by atoms with Gasteiger partial charge in [-0.15, -0.1) is 0 Å². The number of amides is 1. The van der Waals surface area contributed by atoms with E-state index in [0.717, 1.165) is 64.3 Å². The maximum absolute atomic E-state index is 12.6. The van der Waals surface area contributed by atoms with E-state index < -0.39 is 0 Å². The molecule has 1 atom stereocenters. The third-order valence-corrected chi connectivity index (χ3v) is 5.79. The van der Waals surface area contributed by atoms with Crippen molar-refractivity contribution in [2.24, 2.45) is 13.0 Å². The van der Waals surface area contributed by atoms with Crippen LogP contribution in [0.5, 0.6) is 0 Å². The molecular formula is C20H34N4O4. The molecule has 1 amide bonds. The van der Waals surface area contributed by atoms with E-state index in [1.165, 1.54) is 6.42 Å². The van der Waals surface area contributed by atoms with Crippen LogP contribution >= 0.6 is 0 Å². The summed E-state index contributed by atoms with van der Waals surface area (Å²) in [6.07, 6.45) is 4.58. The van der Waals surface area contributed by atoms with Crippen LogP contribution in [-0.4, -0.2) is 101 Å². The summed E-state index contributed by atoms with van der Waals surface area (Å²) in [5, 5.41) is 17.6. The Balaban J connectivity index is 0.000000878. The quantitative estimate of drug-likeness (QED) is 0.726. The number of likely N-dealkylation sites (tertiary alicyclic amines) is 1. The molecule has 1 aromatic rings. The van der Waals surface area contributed by atoms with Gasteiger partial charge in [-0.2, -0.15) is 0 Å². The number of aromatic nitrogens is 1. The van der Waals surface area contributed by atoms with Gasteiger partial charge in [0.15, 0.2) is 0 Å². The van der Waals surface area contributed by atoms with Gasteiger partial charge in [-0.05, 0) is 57.5 Å². The lowest BCUT2D eigenvalue weighted by atomic mass is 9.90. The number of aryl methyl sites for hydroxylation is 1. The molecule has 2 aliphatic heterocycles. The first kappa shape index (κ1) is 22.4. The van der Waals surface area contributed by atoms with Gasteiger partial charge in [0.25, 0.3) is 12.4 Å². The van der Waals surface area contributed by atoms with Crippen molar-refractivity contribution in [3.63, 3.8) is 0 Å². The van der Waals surface area contributed by atoms with Gasteiger partial charge in [-0.3, -0.25) is 14.5 Å². The number of carbonyl (C=O) groups excluding carboxylic acids is 1. The number of carboxylic acid groups (broad SMARTS) is 1. The number of aliphatic hydroxyl groups is 1. The van der Waals surface area contributed by atoms with Crippen molar-refractivity contribution in [2.45, 2.75) is 25.4 Å². The largest absolute Gasteiger partial charge is 0.483 e. The fourth-order valence-corrected chi connectivity index (χ4v) is 4.03. The highest BCUT2D eigenvalue weighted by Crippen LogP contribution is 2.23. The number of β-amino-alcohol motifs (C(OH)–C–C–N with tert-alkyl or cyclic N) is 1. The van der Waals surface area contributed by atoms with Crippen LogP contribution in [0.1, 0.15) is 29.8 Å². The predicted molar refractivity (Wildman–Crippen MR) is 107 cm³/mol. The Bertz CT molecular complexity index is 613. The number of hydrogen-bond acceptors (Lipinski definition) is 5. The zero-order chi connectivity index (χ0) is 20.5. The van der Waals surface area contributed by atoms with Crippen LogP contribution in [0.4, 0.5) is 0 Å². The Morgan fingerprint density at radius 3 is 2.46 bits per heavy atom. The zero-order valence-corrected chi connectivity index (χ0v) is 17.0. The minimum absolute atomic E-state index is 0.107. The third-order valence-electron chi connectivity index (χ3n) is 5.79. The summed E-state index contributed by atoms with van der Waals surface area (Å²) < 4.78 is 1.87. The topological polar surface area (TPSA) is 89.3 Å². The van der Waals surface area contributed by atoms with Crippen LogP contribution in [0.25, 0.3) is 0 Å². The number of piperidine rings is 1. The lowest BCUT2D eigenvalue weighted by molar-refractivity contribution is -0.122. The summed E-state index contributed by atoms with van der Waals surface area (Å²) in [5.41, 5.74) is 0.743. The second kappa shape index (κ2) is 11.2. The van der Waals surface area contributed by atoms with Crippen LogP contribution in [-0.2, 0) is 11.8 Å². The fourth-order valence-electron chi connectivity index (χ4n) is 4.03. The predicted octanol–water partition coefficient (Wildman–Crippen LogP) is 0.577. The summed E-state index contributed by atoms with van der Waals surface area (Å²) >= 11 is 0. The van der Waals surface area contributed by atoms with E-state index in [1.807, 2.05) is 34.8 Å². The molecule has 158 valence electrons. The normalized spacial score (nSPS) is 20.8. The van der Waals surface area contributed by atoms with E-state index in [9.17, 15) is 9.90 Å². The van der Waals surface area contributed by atoms with Gasteiger partial charge >= 0.3 is 0 Å². The van der Waals surface area contributed by atoms with Gasteiger partial charge in [0.1, 0.15) is 5.69 Å². The van der Waals surface area contributed by atoms with E-state index in [2.05, 4.69) is 16.8 Å². The van der Waals surface area contributed by atoms with E-state index in [0.29, 0.717) is 5.92 Å². The number of rotatable bonds is 4. The number of likely N-dealkylation sites (N-methyl/N-ethyl adjacent to an activating group) is 1. The molecule has 2 saturated heterocycles. The summed E-state index contributed by atoms with van der Waals surface area (Å²) in [6.45, 7) is 6.35. The molecule has 2 aliphatic rings. The van der Waals surface area contributed by atoms with Crippen molar-refractivity contribution in [3.8, 4) is 0 Å². The minimum Gasteiger partial charge on any atom is -0.483 e. The second-order valence-electron chi connectivity index (χ2n) is 7.76. The first-order valence-electron chi connectivity index (χ1n) is 10.0. The Morgan fingerprint density at radius 1 is 1.18 bits per heavy atom. The van der Waals surface area contributed by atoms with Crippen molar-refractivity contribution in [1.29, 1.82) is 0 Å². The maximum atomic E-state index is 12.6. The standard InChI is InChI=1S/C19H32N4O2.CH2O2/c1-20-8-4-10-22(14-13-20)15-18(24)16-6-11-23(12-7-16)19(25)17-5-3-9-21(17)2;2-1-3/h3,5,9,16,18,24H,4,6-8,10-15H2,1-2H3;1H,(H,2,3). The Hall–Kier alpha value is -1.90. The molecule has 0 saturated carbocycles. The van der Waals surface area contributed by atoms with Crippen LogP contribution in [0.15, 0.2) is 18.3 Å². The highest BCUT2D eigenvalue weighted by molar-refractivity contribution is 5.92. The van der Waals surface area contributed by atoms with Crippen molar-refractivity contribution in [2.75, 3.05) is 52.9 Å². The summed E-state index contributed by atoms with van der Waals surface area (Å²) in [7, 11) is 4.07. The highest BCUT2D eigenvalue weighted by Gasteiger charge is 2.29. The Kier molecular flexibility index (Phi) is 8.95. The molecule has 8 heteroatoms. The molecule has 2 fully saturated rings. The smallest absolute Gasteiger partial charge is 0.290 e. The molecule has 0 spiro atoms. The number of carbonyl (C=O) groups is 2. The summed E-state index contributed by atoms with van der Waals surface area (Å²) in [6, 6.07) is 3.78. The first-order valence-corrected chi connectivity index (χ1v) is 10.0. The van der Waals surface area contributed by atoms with Crippen LogP contribution in [0.2, 0.25) is 0 Å². The van der Waals surface area contributed by atoms with E-state index >= 15 is 0 Å². The molecule has 8 nitrogen and oxygen atoms in total. The van der Waals surface area contributed by atoms with Crippen molar-refractivity contribution >= 4 is 12.4 Å². The SMILES string of the molecule is CN1CCCN(CC(O)C2CCN(C(=O)c3cccn3C)CC2)CC1.O=CO. The Labute approximate surface area is 167 Å². The van der Waals surface area contributed by atoms with Crippen molar-refractivity contribution < 1.29 is 19.8 Å². The first-order chi connectivity index (χ1) is 13.5. The van der Waals surface area contributed by atoms with E-state index in [-0.39, 0.29) is 18.5 Å². The van der Waals surface area contributed by atoms with E-state index in [1.54, 1.807) is 0 Å². The molecule has 3 heterocycles. The molecular weight excluding hydrogens is 360 g/mol. The van der Waals surface area contributed by atoms with Gasteiger partial charge in [-0.1, -0.05) is 0 Å². The molecule has 1 unspecified atom stereocenters. The highest BCUT2D eigenvalue weighted by atomic mass is 16.3. The molecule has 1 aromatic heterocycles. The second-order valence-corrected chi connectivity index (χ2v) is 7.76. The van der Waals surface area contributed by atoms with Crippen LogP contribution in [0, 0.1) is 5.92 Å². The van der Waals surface area contributed by atoms with E-state index in [4.69, 9.17) is 9.90 Å². The summed E-state index contributed by atoms with van der Waals surface area (Å²) in [4.78, 5) is 27.6. The Morgan fingerprint density at radius 2 is 1.86 bits per heavy atom. The lowest BCUT2D eigenvalue weighted by Gasteiger charge is -2.36. The average Bonchev–Trinajstić information content (AvgIpc) is 3.01. The van der Waals surface area contributed by atoms with Crippen LogP contribution in [0.3, 0.4) is 0 Å². The van der Waals surface area contributed by atoms with Gasteiger partial charge in [0.2, 0.25) is 0 Å².